The Labute approximate surface area is 139 Å². The third-order valence-corrected chi connectivity index (χ3v) is 3.95. The molecule has 0 unspecified atom stereocenters. The fraction of sp³-hybridized carbons (Fsp3) is 0.222. The first-order valence-corrected chi connectivity index (χ1v) is 7.57. The van der Waals surface area contributed by atoms with Crippen molar-refractivity contribution in [3.05, 3.63) is 54.3 Å². The lowest BCUT2D eigenvalue weighted by Crippen LogP contribution is -2.28. The molecule has 1 fully saturated rings. The minimum Gasteiger partial charge on any atom is -0.497 e. The summed E-state index contributed by atoms with van der Waals surface area (Å²) < 4.78 is 18.3. The van der Waals surface area contributed by atoms with E-state index in [4.69, 9.17) is 4.74 Å². The Bertz CT molecular complexity index is 778. The largest absolute Gasteiger partial charge is 0.497 e. The van der Waals surface area contributed by atoms with Crippen LogP contribution in [0.25, 0.3) is 0 Å². The van der Waals surface area contributed by atoms with Gasteiger partial charge in [-0.2, -0.15) is 0 Å². The Kier molecular flexibility index (Phi) is 4.46. The van der Waals surface area contributed by atoms with Crippen molar-refractivity contribution in [3.63, 3.8) is 0 Å². The van der Waals surface area contributed by atoms with Crippen LogP contribution < -0.4 is 15.0 Å². The number of ether oxygens (including phenoxy) is 1. The Morgan fingerprint density at radius 2 is 2.04 bits per heavy atom. The lowest BCUT2D eigenvalue weighted by molar-refractivity contribution is -0.122. The highest BCUT2D eigenvalue weighted by atomic mass is 19.1. The van der Waals surface area contributed by atoms with E-state index in [1.807, 2.05) is 0 Å². The highest BCUT2D eigenvalue weighted by Gasteiger charge is 2.35. The number of carbonyl (C=O) groups is 2. The topological polar surface area (TPSA) is 58.6 Å². The van der Waals surface area contributed by atoms with Gasteiger partial charge >= 0.3 is 0 Å². The second-order valence-electron chi connectivity index (χ2n) is 5.61. The van der Waals surface area contributed by atoms with E-state index in [9.17, 15) is 14.0 Å². The molecule has 1 saturated heterocycles. The van der Waals surface area contributed by atoms with Gasteiger partial charge in [0.05, 0.1) is 13.0 Å². The number of nitrogens with zero attached hydrogens (tertiary/aromatic N) is 1. The van der Waals surface area contributed by atoms with E-state index in [0.717, 1.165) is 0 Å². The van der Waals surface area contributed by atoms with Crippen molar-refractivity contribution < 1.29 is 18.7 Å². The fourth-order valence-corrected chi connectivity index (χ4v) is 2.72. The van der Waals surface area contributed by atoms with Crippen LogP contribution >= 0.6 is 0 Å². The van der Waals surface area contributed by atoms with E-state index in [1.165, 1.54) is 18.2 Å². The number of methoxy groups -OCH3 is 1. The van der Waals surface area contributed by atoms with Crippen molar-refractivity contribution in [2.45, 2.75) is 6.42 Å². The average molecular weight is 328 g/mol. The molecule has 5 nitrogen and oxygen atoms in total. The smallest absolute Gasteiger partial charge is 0.229 e. The summed E-state index contributed by atoms with van der Waals surface area (Å²) in [5, 5.41) is 2.66. The summed E-state index contributed by atoms with van der Waals surface area (Å²) in [5.74, 6) is -0.671. The molecule has 2 aromatic carbocycles. The fourth-order valence-electron chi connectivity index (χ4n) is 2.72. The molecule has 0 aliphatic carbocycles. The van der Waals surface area contributed by atoms with Gasteiger partial charge in [0.15, 0.2) is 0 Å². The number of halogens is 1. The van der Waals surface area contributed by atoms with E-state index in [1.54, 1.807) is 42.3 Å². The number of hydrogen-bond donors (Lipinski definition) is 1. The molecule has 0 spiro atoms. The second-order valence-corrected chi connectivity index (χ2v) is 5.61. The van der Waals surface area contributed by atoms with E-state index in [2.05, 4.69) is 5.32 Å². The van der Waals surface area contributed by atoms with Crippen LogP contribution in [-0.2, 0) is 9.59 Å². The third-order valence-electron chi connectivity index (χ3n) is 3.95. The van der Waals surface area contributed by atoms with Crippen LogP contribution in [0.3, 0.4) is 0 Å². The van der Waals surface area contributed by atoms with Crippen molar-refractivity contribution in [1.82, 2.24) is 0 Å². The van der Waals surface area contributed by atoms with Gasteiger partial charge in [0.2, 0.25) is 11.8 Å². The second kappa shape index (κ2) is 6.70. The quantitative estimate of drug-likeness (QED) is 0.939. The zero-order valence-corrected chi connectivity index (χ0v) is 13.2. The number of amides is 2. The summed E-state index contributed by atoms with van der Waals surface area (Å²) in [6.07, 6.45) is 0.123. The van der Waals surface area contributed by atoms with Gasteiger partial charge in [0.25, 0.3) is 0 Å². The predicted octanol–water partition coefficient (Wildman–Crippen LogP) is 2.83. The average Bonchev–Trinajstić information content (AvgIpc) is 2.97. The first-order valence-electron chi connectivity index (χ1n) is 7.57. The highest BCUT2D eigenvalue weighted by molar-refractivity contribution is 6.03. The maximum atomic E-state index is 13.2. The van der Waals surface area contributed by atoms with Crippen LogP contribution in [0, 0.1) is 11.7 Å². The summed E-state index contributed by atoms with van der Waals surface area (Å²) >= 11 is 0. The molecule has 0 saturated carbocycles. The molecule has 1 heterocycles. The van der Waals surface area contributed by atoms with E-state index in [0.29, 0.717) is 17.1 Å². The molecule has 0 radical (unpaired) electrons. The van der Waals surface area contributed by atoms with Crippen molar-refractivity contribution in [3.8, 4) is 5.75 Å². The molecule has 2 amide bonds. The van der Waals surface area contributed by atoms with Gasteiger partial charge in [0.1, 0.15) is 11.6 Å². The highest BCUT2D eigenvalue weighted by Crippen LogP contribution is 2.28. The maximum Gasteiger partial charge on any atom is 0.229 e. The van der Waals surface area contributed by atoms with Crippen molar-refractivity contribution >= 4 is 23.2 Å². The molecule has 0 bridgehead atoms. The van der Waals surface area contributed by atoms with Crippen LogP contribution in [0.5, 0.6) is 5.75 Å². The van der Waals surface area contributed by atoms with Gasteiger partial charge in [0, 0.05) is 30.4 Å². The normalized spacial score (nSPS) is 17.0. The minimum absolute atomic E-state index is 0.123. The van der Waals surface area contributed by atoms with Crippen LogP contribution in [0.4, 0.5) is 15.8 Å². The minimum atomic E-state index is -0.480. The lowest BCUT2D eigenvalue weighted by Gasteiger charge is -2.17. The summed E-state index contributed by atoms with van der Waals surface area (Å²) in [6.45, 7) is 0.285. The van der Waals surface area contributed by atoms with Crippen molar-refractivity contribution in [1.29, 1.82) is 0 Å². The number of hydrogen-bond acceptors (Lipinski definition) is 3. The predicted molar refractivity (Wildman–Crippen MR) is 88.5 cm³/mol. The zero-order valence-electron chi connectivity index (χ0n) is 13.2. The maximum absolute atomic E-state index is 13.2. The number of anilines is 2. The summed E-state index contributed by atoms with van der Waals surface area (Å²) in [6, 6.07) is 12.8. The van der Waals surface area contributed by atoms with Crippen molar-refractivity contribution in [2.75, 3.05) is 23.9 Å². The molecular weight excluding hydrogens is 311 g/mol. The molecule has 1 aliphatic rings. The number of rotatable bonds is 4. The van der Waals surface area contributed by atoms with E-state index >= 15 is 0 Å². The summed E-state index contributed by atoms with van der Waals surface area (Å²) in [4.78, 5) is 26.1. The number of nitrogens with one attached hydrogen (secondary N) is 1. The SMILES string of the molecule is COc1cccc(N2C[C@@H](C(=O)Nc3cccc(F)c3)CC2=O)c1. The van der Waals surface area contributed by atoms with Gasteiger partial charge in [-0.25, -0.2) is 4.39 Å². The van der Waals surface area contributed by atoms with Gasteiger partial charge in [-0.1, -0.05) is 12.1 Å². The Hall–Kier alpha value is -2.89. The van der Waals surface area contributed by atoms with Crippen molar-refractivity contribution in [2.24, 2.45) is 5.92 Å². The lowest BCUT2D eigenvalue weighted by atomic mass is 10.1. The van der Waals surface area contributed by atoms with Crippen LogP contribution in [0.15, 0.2) is 48.5 Å². The molecule has 24 heavy (non-hydrogen) atoms. The number of benzene rings is 2. The molecule has 1 atom stereocenters. The standard InChI is InChI=1S/C18H17FN2O3/c1-24-16-7-3-6-15(10-16)21-11-12(8-17(21)22)18(23)20-14-5-2-4-13(19)9-14/h2-7,9-10,12H,8,11H2,1H3,(H,20,23)/t12-/m0/s1. The summed E-state index contributed by atoms with van der Waals surface area (Å²) in [5.41, 5.74) is 1.08. The van der Waals surface area contributed by atoms with Gasteiger partial charge in [-0.3, -0.25) is 9.59 Å². The first kappa shape index (κ1) is 16.0. The monoisotopic (exact) mass is 328 g/mol. The Balaban J connectivity index is 1.70. The zero-order chi connectivity index (χ0) is 17.1. The molecule has 124 valence electrons. The number of carbonyl (C=O) groups excluding carboxylic acids is 2. The summed E-state index contributed by atoms with van der Waals surface area (Å²) in [7, 11) is 1.56. The Morgan fingerprint density at radius 1 is 1.25 bits per heavy atom. The molecule has 6 heteroatoms. The molecule has 0 aromatic heterocycles. The van der Waals surface area contributed by atoms with Crippen LogP contribution in [0.1, 0.15) is 6.42 Å². The van der Waals surface area contributed by atoms with Gasteiger partial charge in [-0.15, -0.1) is 0 Å². The third kappa shape index (κ3) is 3.37. The molecule has 1 N–H and O–H groups in total. The Morgan fingerprint density at radius 3 is 2.79 bits per heavy atom. The van der Waals surface area contributed by atoms with E-state index < -0.39 is 11.7 Å². The molecule has 1 aliphatic heterocycles. The molecule has 3 rings (SSSR count). The first-order chi connectivity index (χ1) is 11.6. The van der Waals surface area contributed by atoms with Gasteiger partial charge < -0.3 is 15.0 Å². The molecular formula is C18H17FN2O3. The van der Waals surface area contributed by atoms with Crippen LogP contribution in [0.2, 0.25) is 0 Å². The van der Waals surface area contributed by atoms with Gasteiger partial charge in [-0.05, 0) is 30.3 Å². The van der Waals surface area contributed by atoms with Crippen LogP contribution in [-0.4, -0.2) is 25.5 Å². The molecule has 2 aromatic rings. The van der Waals surface area contributed by atoms with E-state index in [-0.39, 0.29) is 24.8 Å².